The first kappa shape index (κ1) is 13.7. The van der Waals surface area contributed by atoms with E-state index in [9.17, 15) is 0 Å². The summed E-state index contributed by atoms with van der Waals surface area (Å²) in [5, 5.41) is 0. The largest absolute Gasteiger partial charge is 0.475 e. The molecule has 1 aromatic heterocycles. The van der Waals surface area contributed by atoms with Crippen LogP contribution in [0.15, 0.2) is 6.33 Å². The van der Waals surface area contributed by atoms with E-state index in [-0.39, 0.29) is 5.60 Å². The molecule has 0 saturated carbocycles. The van der Waals surface area contributed by atoms with E-state index in [4.69, 9.17) is 15.3 Å². The van der Waals surface area contributed by atoms with E-state index < -0.39 is 0 Å². The molecule has 0 aromatic carbocycles. The third-order valence-corrected chi connectivity index (χ3v) is 2.03. The molecule has 0 bridgehead atoms. The van der Waals surface area contributed by atoms with Crippen LogP contribution in [0.4, 0.5) is 5.82 Å². The lowest BCUT2D eigenvalue weighted by Crippen LogP contribution is -2.22. The van der Waals surface area contributed by atoms with Gasteiger partial charge < -0.3 is 14.9 Å². The van der Waals surface area contributed by atoms with Crippen molar-refractivity contribution >= 4 is 5.82 Å². The number of hydrazine groups is 1. The molecule has 0 atom stereocenters. The number of rotatable bonds is 5. The third kappa shape index (κ3) is 4.54. The molecular weight excluding hydrogens is 220 g/mol. The van der Waals surface area contributed by atoms with Crippen molar-refractivity contribution in [1.29, 1.82) is 0 Å². The Bertz CT molecular complexity index is 363. The second kappa shape index (κ2) is 5.79. The molecule has 0 amide bonds. The summed E-state index contributed by atoms with van der Waals surface area (Å²) in [5.41, 5.74) is 3.11. The molecule has 6 nitrogen and oxygen atoms in total. The second-order valence-corrected chi connectivity index (χ2v) is 4.61. The van der Waals surface area contributed by atoms with Gasteiger partial charge in [0, 0.05) is 0 Å². The minimum Gasteiger partial charge on any atom is -0.475 e. The van der Waals surface area contributed by atoms with E-state index in [0.717, 1.165) is 5.56 Å². The lowest BCUT2D eigenvalue weighted by molar-refractivity contribution is -0.0168. The maximum Gasteiger partial charge on any atom is 0.221 e. The fraction of sp³-hybridized carbons (Fsp3) is 0.636. The highest BCUT2D eigenvalue weighted by Crippen LogP contribution is 2.19. The molecule has 1 heterocycles. The monoisotopic (exact) mass is 240 g/mol. The predicted molar refractivity (Wildman–Crippen MR) is 65.8 cm³/mol. The van der Waals surface area contributed by atoms with Crippen LogP contribution in [0.5, 0.6) is 5.88 Å². The fourth-order valence-electron chi connectivity index (χ4n) is 1.21. The van der Waals surface area contributed by atoms with Crippen molar-refractivity contribution in [1.82, 2.24) is 9.97 Å². The Hall–Kier alpha value is -1.40. The summed E-state index contributed by atoms with van der Waals surface area (Å²) in [6.07, 6.45) is 1.40. The minimum absolute atomic E-state index is 0.159. The Kier molecular flexibility index (Phi) is 4.65. The summed E-state index contributed by atoms with van der Waals surface area (Å²) >= 11 is 0. The zero-order valence-electron chi connectivity index (χ0n) is 10.8. The highest BCUT2D eigenvalue weighted by Gasteiger charge is 2.10. The maximum atomic E-state index is 5.54. The quantitative estimate of drug-likeness (QED) is 0.458. The molecule has 6 heteroatoms. The van der Waals surface area contributed by atoms with Crippen molar-refractivity contribution < 1.29 is 9.47 Å². The molecule has 0 radical (unpaired) electrons. The van der Waals surface area contributed by atoms with Gasteiger partial charge in [-0.25, -0.2) is 15.8 Å². The molecule has 96 valence electrons. The van der Waals surface area contributed by atoms with Gasteiger partial charge in [-0.15, -0.1) is 0 Å². The number of ether oxygens (including phenoxy) is 2. The van der Waals surface area contributed by atoms with Crippen molar-refractivity contribution in [2.75, 3.05) is 18.6 Å². The summed E-state index contributed by atoms with van der Waals surface area (Å²) in [5.74, 6) is 6.39. The van der Waals surface area contributed by atoms with Crippen LogP contribution in [0.25, 0.3) is 0 Å². The van der Waals surface area contributed by atoms with Crippen molar-refractivity contribution in [2.45, 2.75) is 33.3 Å². The summed E-state index contributed by atoms with van der Waals surface area (Å²) < 4.78 is 11.0. The van der Waals surface area contributed by atoms with Crippen molar-refractivity contribution in [2.24, 2.45) is 5.84 Å². The fourth-order valence-corrected chi connectivity index (χ4v) is 1.21. The van der Waals surface area contributed by atoms with Gasteiger partial charge in [0.1, 0.15) is 18.8 Å². The van der Waals surface area contributed by atoms with Crippen LogP contribution < -0.4 is 16.0 Å². The number of nitrogens with one attached hydrogen (secondary N) is 1. The van der Waals surface area contributed by atoms with Crippen molar-refractivity contribution in [3.8, 4) is 5.88 Å². The van der Waals surface area contributed by atoms with Crippen LogP contribution in [0, 0.1) is 6.92 Å². The molecule has 17 heavy (non-hydrogen) atoms. The smallest absolute Gasteiger partial charge is 0.221 e. The van der Waals surface area contributed by atoms with Gasteiger partial charge in [0.2, 0.25) is 5.88 Å². The number of hydrogen-bond donors (Lipinski definition) is 2. The lowest BCUT2D eigenvalue weighted by atomic mass is 10.2. The number of nitrogens with two attached hydrogens (primary N) is 1. The molecule has 0 aliphatic carbocycles. The minimum atomic E-state index is -0.159. The Labute approximate surface area is 102 Å². The molecular formula is C11H20N4O2. The summed E-state index contributed by atoms with van der Waals surface area (Å²) in [7, 11) is 0. The Morgan fingerprint density at radius 3 is 2.59 bits per heavy atom. The van der Waals surface area contributed by atoms with Gasteiger partial charge in [0.25, 0.3) is 0 Å². The van der Waals surface area contributed by atoms with Gasteiger partial charge >= 0.3 is 0 Å². The average Bonchev–Trinajstić information content (AvgIpc) is 2.25. The lowest BCUT2D eigenvalue weighted by Gasteiger charge is -2.19. The topological polar surface area (TPSA) is 82.3 Å². The third-order valence-electron chi connectivity index (χ3n) is 2.03. The first-order valence-corrected chi connectivity index (χ1v) is 5.49. The molecule has 3 N–H and O–H groups in total. The van der Waals surface area contributed by atoms with E-state index in [1.165, 1.54) is 6.33 Å². The van der Waals surface area contributed by atoms with Gasteiger partial charge in [-0.1, -0.05) is 0 Å². The standard InChI is InChI=1S/C11H20N4O2/c1-8-9(15-12)13-7-14-10(8)16-5-6-17-11(2,3)4/h7H,5-6,12H2,1-4H3,(H,13,14,15). The van der Waals surface area contributed by atoms with E-state index in [1.807, 2.05) is 27.7 Å². The Balaban J connectivity index is 2.47. The molecule has 0 aliphatic heterocycles. The van der Waals surface area contributed by atoms with Crippen molar-refractivity contribution in [3.05, 3.63) is 11.9 Å². The normalized spacial score (nSPS) is 11.4. The SMILES string of the molecule is Cc1c(NN)ncnc1OCCOC(C)(C)C. The Morgan fingerprint density at radius 1 is 1.29 bits per heavy atom. The Morgan fingerprint density at radius 2 is 2.00 bits per heavy atom. The molecule has 0 aliphatic rings. The van der Waals surface area contributed by atoms with Crippen LogP contribution >= 0.6 is 0 Å². The predicted octanol–water partition coefficient (Wildman–Crippen LogP) is 1.26. The first-order chi connectivity index (χ1) is 7.94. The van der Waals surface area contributed by atoms with E-state index >= 15 is 0 Å². The van der Waals surface area contributed by atoms with Crippen LogP contribution in [0.3, 0.4) is 0 Å². The van der Waals surface area contributed by atoms with Crippen LogP contribution in [0.2, 0.25) is 0 Å². The number of hydrogen-bond acceptors (Lipinski definition) is 6. The molecule has 1 rings (SSSR count). The zero-order valence-corrected chi connectivity index (χ0v) is 10.8. The zero-order chi connectivity index (χ0) is 12.9. The van der Waals surface area contributed by atoms with Crippen LogP contribution in [-0.4, -0.2) is 28.8 Å². The highest BCUT2D eigenvalue weighted by atomic mass is 16.5. The van der Waals surface area contributed by atoms with Gasteiger partial charge in [-0.05, 0) is 27.7 Å². The van der Waals surface area contributed by atoms with Gasteiger partial charge in [-0.2, -0.15) is 0 Å². The second-order valence-electron chi connectivity index (χ2n) is 4.61. The molecule has 1 aromatic rings. The molecule has 0 spiro atoms. The van der Waals surface area contributed by atoms with E-state index in [2.05, 4.69) is 15.4 Å². The van der Waals surface area contributed by atoms with Gasteiger partial charge in [0.15, 0.2) is 0 Å². The van der Waals surface area contributed by atoms with Gasteiger partial charge in [0.05, 0.1) is 17.8 Å². The van der Waals surface area contributed by atoms with Crippen molar-refractivity contribution in [3.63, 3.8) is 0 Å². The number of anilines is 1. The number of nitrogens with zero attached hydrogens (tertiary/aromatic N) is 2. The summed E-state index contributed by atoms with van der Waals surface area (Å²) in [6.45, 7) is 8.80. The average molecular weight is 240 g/mol. The van der Waals surface area contributed by atoms with E-state index in [1.54, 1.807) is 0 Å². The molecule has 0 unspecified atom stereocenters. The van der Waals surface area contributed by atoms with Crippen LogP contribution in [0.1, 0.15) is 26.3 Å². The molecule has 0 fully saturated rings. The summed E-state index contributed by atoms with van der Waals surface area (Å²) in [4.78, 5) is 8.00. The summed E-state index contributed by atoms with van der Waals surface area (Å²) in [6, 6.07) is 0. The number of nitrogen functional groups attached to an aromatic ring is 1. The maximum absolute atomic E-state index is 5.54. The first-order valence-electron chi connectivity index (χ1n) is 5.49. The number of aromatic nitrogens is 2. The van der Waals surface area contributed by atoms with Gasteiger partial charge in [-0.3, -0.25) is 0 Å². The molecule has 0 saturated heterocycles. The highest BCUT2D eigenvalue weighted by molar-refractivity contribution is 5.46. The van der Waals surface area contributed by atoms with E-state index in [0.29, 0.717) is 24.9 Å². The van der Waals surface area contributed by atoms with Crippen LogP contribution in [-0.2, 0) is 4.74 Å².